The van der Waals surface area contributed by atoms with Crippen LogP contribution in [0.1, 0.15) is 5.56 Å². The van der Waals surface area contributed by atoms with Crippen molar-refractivity contribution >= 4 is 34.0 Å². The Labute approximate surface area is 91.3 Å². The molecule has 2 aromatic rings. The number of fused-ring (bicyclic) bond motifs is 1. The van der Waals surface area contributed by atoms with Crippen LogP contribution in [-0.4, -0.2) is 0 Å². The lowest BCUT2D eigenvalue weighted by Gasteiger charge is -2.06. The van der Waals surface area contributed by atoms with Gasteiger partial charge in [0.15, 0.2) is 0 Å². The molecule has 0 unspecified atom stereocenters. The fraction of sp³-hybridized carbons (Fsp3) is 0.0909. The Bertz CT molecular complexity index is 506. The molecular weight excluding hydrogens is 222 g/mol. The van der Waals surface area contributed by atoms with E-state index in [4.69, 9.17) is 23.2 Å². The molecule has 3 heteroatoms. The third-order valence-corrected chi connectivity index (χ3v) is 3.10. The first kappa shape index (κ1) is 9.75. The molecule has 0 saturated heterocycles. The predicted octanol–water partition coefficient (Wildman–Crippen LogP) is 4.59. The molecule has 0 spiro atoms. The van der Waals surface area contributed by atoms with Crippen LogP contribution in [-0.2, 0) is 0 Å². The molecule has 0 atom stereocenters. The third kappa shape index (κ3) is 1.47. The number of halogens is 3. The Morgan fingerprint density at radius 1 is 1.14 bits per heavy atom. The Kier molecular flexibility index (Phi) is 2.38. The first-order chi connectivity index (χ1) is 6.59. The molecule has 0 aliphatic carbocycles. The van der Waals surface area contributed by atoms with Crippen molar-refractivity contribution in [2.75, 3.05) is 0 Å². The highest BCUT2D eigenvalue weighted by atomic mass is 35.5. The first-order valence-corrected chi connectivity index (χ1v) is 4.89. The summed E-state index contributed by atoms with van der Waals surface area (Å²) in [6, 6.07) is 6.20. The van der Waals surface area contributed by atoms with E-state index in [9.17, 15) is 4.39 Å². The van der Waals surface area contributed by atoms with E-state index in [0.717, 1.165) is 16.3 Å². The van der Waals surface area contributed by atoms with E-state index < -0.39 is 0 Å². The zero-order chi connectivity index (χ0) is 10.3. The topological polar surface area (TPSA) is 0 Å². The second-order valence-electron chi connectivity index (χ2n) is 3.16. The summed E-state index contributed by atoms with van der Waals surface area (Å²) in [5.41, 5.74) is 0.826. The second kappa shape index (κ2) is 3.41. The molecule has 0 bridgehead atoms. The van der Waals surface area contributed by atoms with Crippen molar-refractivity contribution in [2.24, 2.45) is 0 Å². The molecule has 2 aromatic carbocycles. The van der Waals surface area contributed by atoms with Crippen molar-refractivity contribution in [1.29, 1.82) is 0 Å². The largest absolute Gasteiger partial charge is 0.207 e. The molecule has 0 aliphatic rings. The zero-order valence-corrected chi connectivity index (χ0v) is 8.96. The van der Waals surface area contributed by atoms with Gasteiger partial charge in [-0.05, 0) is 42.1 Å². The quantitative estimate of drug-likeness (QED) is 0.619. The number of rotatable bonds is 0. The van der Waals surface area contributed by atoms with Crippen molar-refractivity contribution < 1.29 is 4.39 Å². The Balaban J connectivity index is 2.91. The van der Waals surface area contributed by atoms with Crippen molar-refractivity contribution in [3.05, 3.63) is 45.7 Å². The highest BCUT2D eigenvalue weighted by Crippen LogP contribution is 2.32. The van der Waals surface area contributed by atoms with E-state index in [1.165, 1.54) is 12.1 Å². The second-order valence-corrected chi connectivity index (χ2v) is 3.95. The van der Waals surface area contributed by atoms with Crippen LogP contribution in [0.5, 0.6) is 0 Å². The van der Waals surface area contributed by atoms with Gasteiger partial charge < -0.3 is 0 Å². The van der Waals surface area contributed by atoms with Crippen LogP contribution < -0.4 is 0 Å². The lowest BCUT2D eigenvalue weighted by Crippen LogP contribution is -1.83. The predicted molar refractivity (Wildman–Crippen MR) is 58.7 cm³/mol. The molecular formula is C11H7Cl2F. The van der Waals surface area contributed by atoms with Crippen molar-refractivity contribution in [1.82, 2.24) is 0 Å². The number of hydrogen-bond acceptors (Lipinski definition) is 0. The van der Waals surface area contributed by atoms with Crippen molar-refractivity contribution in [3.8, 4) is 0 Å². The van der Waals surface area contributed by atoms with E-state index >= 15 is 0 Å². The summed E-state index contributed by atoms with van der Waals surface area (Å²) in [6.45, 7) is 1.84. The lowest BCUT2D eigenvalue weighted by atomic mass is 10.1. The molecule has 2 rings (SSSR count). The van der Waals surface area contributed by atoms with Crippen LogP contribution in [0.3, 0.4) is 0 Å². The molecule has 0 saturated carbocycles. The van der Waals surface area contributed by atoms with Gasteiger partial charge in [0.05, 0.1) is 5.02 Å². The van der Waals surface area contributed by atoms with Crippen LogP contribution in [0.2, 0.25) is 10.0 Å². The van der Waals surface area contributed by atoms with Gasteiger partial charge in [0.1, 0.15) is 5.82 Å². The SMILES string of the molecule is Cc1c(Cl)cc2cc(F)ccc2c1Cl. The fourth-order valence-electron chi connectivity index (χ4n) is 1.40. The Morgan fingerprint density at radius 3 is 2.57 bits per heavy atom. The van der Waals surface area contributed by atoms with Gasteiger partial charge in [-0.3, -0.25) is 0 Å². The summed E-state index contributed by atoms with van der Waals surface area (Å²) in [4.78, 5) is 0. The first-order valence-electron chi connectivity index (χ1n) is 4.13. The Hall–Kier alpha value is -0.790. The normalized spacial score (nSPS) is 10.9. The molecule has 0 aliphatic heterocycles. The molecule has 0 nitrogen and oxygen atoms in total. The van der Waals surface area contributed by atoms with Crippen LogP contribution in [0.4, 0.5) is 4.39 Å². The minimum Gasteiger partial charge on any atom is -0.207 e. The number of benzene rings is 2. The highest BCUT2D eigenvalue weighted by Gasteiger charge is 2.07. The number of hydrogen-bond donors (Lipinski definition) is 0. The smallest absolute Gasteiger partial charge is 0.123 e. The van der Waals surface area contributed by atoms with Crippen molar-refractivity contribution in [2.45, 2.75) is 6.92 Å². The Morgan fingerprint density at radius 2 is 1.86 bits per heavy atom. The van der Waals surface area contributed by atoms with Crippen LogP contribution in [0.15, 0.2) is 24.3 Å². The maximum Gasteiger partial charge on any atom is 0.123 e. The fourth-order valence-corrected chi connectivity index (χ4v) is 1.94. The van der Waals surface area contributed by atoms with E-state index in [1.807, 2.05) is 6.92 Å². The van der Waals surface area contributed by atoms with Gasteiger partial charge >= 0.3 is 0 Å². The van der Waals surface area contributed by atoms with E-state index in [0.29, 0.717) is 10.0 Å². The molecule has 0 aromatic heterocycles. The van der Waals surface area contributed by atoms with Crippen LogP contribution in [0.25, 0.3) is 10.8 Å². The maximum atomic E-state index is 12.9. The molecule has 0 fully saturated rings. The van der Waals surface area contributed by atoms with E-state index in [2.05, 4.69) is 0 Å². The summed E-state index contributed by atoms with van der Waals surface area (Å²) in [7, 11) is 0. The van der Waals surface area contributed by atoms with E-state index in [-0.39, 0.29) is 5.82 Å². The zero-order valence-electron chi connectivity index (χ0n) is 7.44. The summed E-state index contributed by atoms with van der Waals surface area (Å²) in [5, 5.41) is 2.71. The maximum absolute atomic E-state index is 12.9. The van der Waals surface area contributed by atoms with Gasteiger partial charge in [-0.1, -0.05) is 23.2 Å². The third-order valence-electron chi connectivity index (χ3n) is 2.22. The van der Waals surface area contributed by atoms with Gasteiger partial charge in [-0.25, -0.2) is 4.39 Å². The van der Waals surface area contributed by atoms with Gasteiger partial charge in [-0.15, -0.1) is 0 Å². The highest BCUT2D eigenvalue weighted by molar-refractivity contribution is 6.39. The molecule has 72 valence electrons. The van der Waals surface area contributed by atoms with Crippen molar-refractivity contribution in [3.63, 3.8) is 0 Å². The van der Waals surface area contributed by atoms with Gasteiger partial charge in [0.2, 0.25) is 0 Å². The molecule has 0 heterocycles. The minimum atomic E-state index is -0.284. The lowest BCUT2D eigenvalue weighted by molar-refractivity contribution is 0.630. The monoisotopic (exact) mass is 228 g/mol. The van der Waals surface area contributed by atoms with E-state index in [1.54, 1.807) is 12.1 Å². The molecule has 14 heavy (non-hydrogen) atoms. The average molecular weight is 229 g/mol. The average Bonchev–Trinajstić information content (AvgIpc) is 2.14. The summed E-state index contributed by atoms with van der Waals surface area (Å²) < 4.78 is 12.9. The van der Waals surface area contributed by atoms with Gasteiger partial charge in [-0.2, -0.15) is 0 Å². The minimum absolute atomic E-state index is 0.284. The van der Waals surface area contributed by atoms with Crippen LogP contribution in [0, 0.1) is 12.7 Å². The molecule has 0 N–H and O–H groups in total. The van der Waals surface area contributed by atoms with Gasteiger partial charge in [0.25, 0.3) is 0 Å². The standard InChI is InChI=1S/C11H7Cl2F/c1-6-10(12)5-7-4-8(14)2-3-9(7)11(6)13/h2-5H,1H3. The molecule has 0 amide bonds. The van der Waals surface area contributed by atoms with Gasteiger partial charge in [0, 0.05) is 10.4 Å². The van der Waals surface area contributed by atoms with Crippen LogP contribution >= 0.6 is 23.2 Å². The summed E-state index contributed by atoms with van der Waals surface area (Å²) in [5.74, 6) is -0.284. The molecule has 0 radical (unpaired) electrons. The summed E-state index contributed by atoms with van der Waals surface area (Å²) >= 11 is 12.0. The summed E-state index contributed by atoms with van der Waals surface area (Å²) in [6.07, 6.45) is 0.